The Morgan fingerprint density at radius 2 is 1.29 bits per heavy atom. The summed E-state index contributed by atoms with van der Waals surface area (Å²) in [7, 11) is 3.18. The number of aliphatic hydroxyl groups excluding tert-OH is 4. The van der Waals surface area contributed by atoms with Gasteiger partial charge in [0.2, 0.25) is 5.75 Å². The Kier molecular flexibility index (Phi) is 15.2. The lowest BCUT2D eigenvalue weighted by atomic mass is 9.93. The summed E-state index contributed by atoms with van der Waals surface area (Å²) in [6, 6.07) is 20.3. The molecule has 0 saturated heterocycles. The van der Waals surface area contributed by atoms with Gasteiger partial charge in [-0.05, 0) is 83.6 Å². The van der Waals surface area contributed by atoms with Crippen LogP contribution in [0.25, 0.3) is 0 Å². The number of rotatable bonds is 22. The number of para-hydroxylation sites is 1. The van der Waals surface area contributed by atoms with Crippen molar-refractivity contribution in [1.82, 2.24) is 5.32 Å². The third-order valence-electron chi connectivity index (χ3n) is 10.7. The highest BCUT2D eigenvalue weighted by Crippen LogP contribution is 2.43. The number of unbranched alkanes of at least 4 members (excludes halogenated alkanes) is 7. The lowest BCUT2D eigenvalue weighted by Crippen LogP contribution is -2.38. The first-order valence-corrected chi connectivity index (χ1v) is 20.0. The smallest absolute Gasteiger partial charge is 0.255 e. The first kappa shape index (κ1) is 42.3. The van der Waals surface area contributed by atoms with Crippen molar-refractivity contribution in [3.05, 3.63) is 111 Å². The van der Waals surface area contributed by atoms with Gasteiger partial charge in [-0.3, -0.25) is 4.79 Å². The Morgan fingerprint density at radius 1 is 0.672 bits per heavy atom. The zero-order valence-electron chi connectivity index (χ0n) is 33.3. The van der Waals surface area contributed by atoms with E-state index in [0.717, 1.165) is 68.2 Å². The van der Waals surface area contributed by atoms with Gasteiger partial charge >= 0.3 is 0 Å². The minimum absolute atomic E-state index is 0.133. The van der Waals surface area contributed by atoms with Crippen LogP contribution in [0.3, 0.4) is 0 Å². The first-order chi connectivity index (χ1) is 28.4. The zero-order chi connectivity index (χ0) is 40.9. The molecule has 2 aliphatic rings. The molecule has 6 rings (SSSR count). The van der Waals surface area contributed by atoms with Crippen LogP contribution in [0.2, 0.25) is 0 Å². The minimum Gasteiger partial charge on any atom is -0.493 e. The van der Waals surface area contributed by atoms with Crippen LogP contribution < -0.4 is 29.6 Å². The van der Waals surface area contributed by atoms with Crippen molar-refractivity contribution in [2.75, 3.05) is 32.8 Å². The summed E-state index contributed by atoms with van der Waals surface area (Å²) in [5, 5.41) is 50.1. The van der Waals surface area contributed by atoms with Crippen molar-refractivity contribution < 1.29 is 49.0 Å². The number of oxime groups is 1. The molecule has 2 aliphatic heterocycles. The number of amides is 1. The maximum atomic E-state index is 12.6. The fourth-order valence-electron chi connectivity index (χ4n) is 7.44. The summed E-state index contributed by atoms with van der Waals surface area (Å²) in [6.45, 7) is 0.126. The van der Waals surface area contributed by atoms with Gasteiger partial charge in [0, 0.05) is 28.8 Å². The summed E-state index contributed by atoms with van der Waals surface area (Å²) in [5.74, 6) is 2.14. The molecule has 0 spiro atoms. The van der Waals surface area contributed by atoms with Crippen molar-refractivity contribution in [2.24, 2.45) is 5.16 Å². The van der Waals surface area contributed by atoms with Gasteiger partial charge in [0.05, 0.1) is 65.1 Å². The summed E-state index contributed by atoms with van der Waals surface area (Å²) in [4.78, 5) is 18.4. The predicted octanol–water partition coefficient (Wildman–Crippen LogP) is 6.97. The molecule has 0 aliphatic carbocycles. The number of hydrogen-bond acceptors (Lipinski definition) is 12. The van der Waals surface area contributed by atoms with Crippen LogP contribution in [0.4, 0.5) is 5.69 Å². The summed E-state index contributed by atoms with van der Waals surface area (Å²) >= 11 is 0. The number of aliphatic hydroxyl groups is 4. The SMILES string of the molecule is COc1cc(C2CC(c3cc(CO)c(CO)c(CO)c3)=NO2)cc(OC)c1OCCCCCCCCCCOc1ccc(C2NC(=O)c3ccccc3N2)cc1CO. The Hall–Kier alpha value is -5.34. The van der Waals surface area contributed by atoms with Gasteiger partial charge in [0.25, 0.3) is 5.91 Å². The number of nitrogens with one attached hydrogen (secondary N) is 2. The molecule has 1 amide bonds. The van der Waals surface area contributed by atoms with Gasteiger partial charge in [0.15, 0.2) is 17.6 Å². The van der Waals surface area contributed by atoms with Crippen molar-refractivity contribution in [3.8, 4) is 23.0 Å². The molecule has 0 saturated carbocycles. The van der Waals surface area contributed by atoms with Crippen LogP contribution in [0.15, 0.2) is 71.9 Å². The van der Waals surface area contributed by atoms with E-state index in [1.54, 1.807) is 32.4 Å². The van der Waals surface area contributed by atoms with Gasteiger partial charge in [-0.1, -0.05) is 61.9 Å². The summed E-state index contributed by atoms with van der Waals surface area (Å²) in [6.07, 6.45) is 8.13. The minimum atomic E-state index is -0.403. The summed E-state index contributed by atoms with van der Waals surface area (Å²) < 4.78 is 23.6. The van der Waals surface area contributed by atoms with E-state index in [1.165, 1.54) is 0 Å². The fraction of sp³-hybridized carbons (Fsp3) is 0.422. The third kappa shape index (κ3) is 10.2. The maximum absolute atomic E-state index is 12.6. The molecular weight excluding hydrogens is 743 g/mol. The van der Waals surface area contributed by atoms with Gasteiger partial charge < -0.3 is 54.8 Å². The molecule has 0 bridgehead atoms. The van der Waals surface area contributed by atoms with Gasteiger partial charge in [-0.15, -0.1) is 0 Å². The van der Waals surface area contributed by atoms with Crippen LogP contribution in [0.5, 0.6) is 23.0 Å². The zero-order valence-corrected chi connectivity index (χ0v) is 33.3. The van der Waals surface area contributed by atoms with Gasteiger partial charge in [0.1, 0.15) is 11.9 Å². The van der Waals surface area contributed by atoms with Crippen LogP contribution in [-0.2, 0) is 31.3 Å². The molecule has 4 aromatic carbocycles. The van der Waals surface area contributed by atoms with Crippen molar-refractivity contribution >= 4 is 17.3 Å². The topological polar surface area (TPSA) is 181 Å². The van der Waals surface area contributed by atoms with E-state index in [2.05, 4.69) is 15.8 Å². The molecule has 2 heterocycles. The average Bonchev–Trinajstić information content (AvgIpc) is 3.76. The lowest BCUT2D eigenvalue weighted by Gasteiger charge is -2.28. The second-order valence-corrected chi connectivity index (χ2v) is 14.5. The Morgan fingerprint density at radius 3 is 1.91 bits per heavy atom. The van der Waals surface area contributed by atoms with E-state index < -0.39 is 6.10 Å². The highest BCUT2D eigenvalue weighted by Gasteiger charge is 2.28. The number of ether oxygens (including phenoxy) is 4. The van der Waals surface area contributed by atoms with Gasteiger partial charge in [-0.25, -0.2) is 0 Å². The van der Waals surface area contributed by atoms with Crippen LogP contribution >= 0.6 is 0 Å². The molecule has 0 radical (unpaired) electrons. The second-order valence-electron chi connectivity index (χ2n) is 14.5. The van der Waals surface area contributed by atoms with Crippen LogP contribution in [-0.4, -0.2) is 59.5 Å². The van der Waals surface area contributed by atoms with E-state index >= 15 is 0 Å². The molecule has 2 unspecified atom stereocenters. The van der Waals surface area contributed by atoms with E-state index in [-0.39, 0.29) is 38.5 Å². The van der Waals surface area contributed by atoms with E-state index in [4.69, 9.17) is 23.8 Å². The van der Waals surface area contributed by atoms with E-state index in [0.29, 0.717) is 81.7 Å². The molecule has 6 N–H and O–H groups in total. The van der Waals surface area contributed by atoms with Crippen molar-refractivity contribution in [2.45, 2.75) is 96.5 Å². The van der Waals surface area contributed by atoms with E-state index in [1.807, 2.05) is 48.5 Å². The Bertz CT molecular complexity index is 1990. The lowest BCUT2D eigenvalue weighted by molar-refractivity contribution is 0.0852. The molecular formula is C45H55N3O10. The molecule has 0 aromatic heterocycles. The number of carbonyl (C=O) groups excluding carboxylic acids is 1. The van der Waals surface area contributed by atoms with Crippen molar-refractivity contribution in [3.63, 3.8) is 0 Å². The first-order valence-electron chi connectivity index (χ1n) is 20.0. The van der Waals surface area contributed by atoms with Crippen LogP contribution in [0, 0.1) is 0 Å². The predicted molar refractivity (Wildman–Crippen MR) is 219 cm³/mol. The summed E-state index contributed by atoms with van der Waals surface area (Å²) in [5.41, 5.74) is 6.71. The number of benzene rings is 4. The second kappa shape index (κ2) is 20.9. The number of hydrogen-bond donors (Lipinski definition) is 6. The largest absolute Gasteiger partial charge is 0.493 e. The normalized spacial score (nSPS) is 15.8. The molecule has 4 aromatic rings. The number of methoxy groups -OCH3 is 2. The number of nitrogens with zero attached hydrogens (tertiary/aromatic N) is 1. The molecule has 13 nitrogen and oxygen atoms in total. The van der Waals surface area contributed by atoms with E-state index in [9.17, 15) is 25.2 Å². The highest BCUT2D eigenvalue weighted by molar-refractivity contribution is 6.02. The van der Waals surface area contributed by atoms with Crippen LogP contribution in [0.1, 0.15) is 119 Å². The third-order valence-corrected chi connectivity index (χ3v) is 10.7. The average molecular weight is 798 g/mol. The Balaban J connectivity index is 0.875. The maximum Gasteiger partial charge on any atom is 0.255 e. The molecule has 2 atom stereocenters. The molecule has 58 heavy (non-hydrogen) atoms. The standard InChI is InChI=1S/C45H55N3O10/c1-54-41-22-31(40-24-38(48-58-40)30-20-32(25-49)36(28-52)33(21-30)26-50)23-42(55-2)43(41)57-18-12-8-6-4-3-5-7-11-17-56-39-16-15-29(19-34(39)27-51)44-46-37-14-10-9-13-35(37)45(53)47-44/h9-10,13-16,19-23,40,44,46,49-52H,3-8,11-12,17-18,24-28H2,1-2H3,(H,47,53). The molecule has 13 heteroatoms. The molecule has 0 fully saturated rings. The van der Waals surface area contributed by atoms with Gasteiger partial charge in [-0.2, -0.15) is 0 Å². The van der Waals surface area contributed by atoms with Crippen molar-refractivity contribution in [1.29, 1.82) is 0 Å². The highest BCUT2D eigenvalue weighted by atomic mass is 16.6. The number of fused-ring (bicyclic) bond motifs is 1. The number of anilines is 1. The number of carbonyl (C=O) groups is 1. The fourth-order valence-corrected chi connectivity index (χ4v) is 7.44. The monoisotopic (exact) mass is 797 g/mol. The quantitative estimate of drug-likeness (QED) is 0.0452. The molecule has 310 valence electrons. The Labute approximate surface area is 339 Å².